The summed E-state index contributed by atoms with van der Waals surface area (Å²) in [5, 5.41) is 4.21. The molecule has 0 bridgehead atoms. The molecule has 0 saturated heterocycles. The molecule has 1 heterocycles. The highest BCUT2D eigenvalue weighted by Gasteiger charge is 2.13. The van der Waals surface area contributed by atoms with Crippen molar-refractivity contribution in [3.63, 3.8) is 0 Å². The molecule has 0 saturated carbocycles. The second-order valence-corrected chi connectivity index (χ2v) is 5.43. The molecule has 108 valence electrons. The quantitative estimate of drug-likeness (QED) is 0.888. The number of nitrogens with one attached hydrogen (secondary N) is 1. The van der Waals surface area contributed by atoms with Crippen molar-refractivity contribution in [1.82, 2.24) is 10.3 Å². The van der Waals surface area contributed by atoms with Crippen molar-refractivity contribution < 1.29 is 9.47 Å². The third-order valence-corrected chi connectivity index (χ3v) is 4.23. The second kappa shape index (κ2) is 6.72. The van der Waals surface area contributed by atoms with Crippen LogP contribution in [-0.2, 0) is 13.0 Å². The molecule has 0 aliphatic rings. The molecule has 4 nitrogen and oxygen atoms in total. The van der Waals surface area contributed by atoms with E-state index >= 15 is 0 Å². The van der Waals surface area contributed by atoms with Gasteiger partial charge < -0.3 is 14.8 Å². The largest absolute Gasteiger partial charge is 0.493 e. The number of aryl methyl sites for hydroxylation is 1. The lowest BCUT2D eigenvalue weighted by Gasteiger charge is -2.08. The zero-order valence-electron chi connectivity index (χ0n) is 12.3. The maximum absolute atomic E-state index is 5.35. The number of methoxy groups -OCH3 is 2. The maximum Gasteiger partial charge on any atom is 0.161 e. The van der Waals surface area contributed by atoms with Crippen molar-refractivity contribution >= 4 is 11.3 Å². The molecule has 2 rings (SSSR count). The van der Waals surface area contributed by atoms with Gasteiger partial charge in [0.15, 0.2) is 11.5 Å². The summed E-state index contributed by atoms with van der Waals surface area (Å²) < 4.78 is 10.6. The number of rotatable bonds is 6. The van der Waals surface area contributed by atoms with Crippen LogP contribution in [0.25, 0.3) is 10.6 Å². The molecule has 0 fully saturated rings. The summed E-state index contributed by atoms with van der Waals surface area (Å²) in [4.78, 5) is 6.02. The molecule has 0 unspecified atom stereocenters. The molecule has 1 aromatic heterocycles. The molecular formula is C15H20N2O2S. The van der Waals surface area contributed by atoms with E-state index in [0.717, 1.165) is 40.7 Å². The van der Waals surface area contributed by atoms with E-state index in [-0.39, 0.29) is 0 Å². The molecule has 0 spiro atoms. The van der Waals surface area contributed by atoms with Gasteiger partial charge in [0.25, 0.3) is 0 Å². The molecule has 0 aliphatic heterocycles. The Hall–Kier alpha value is -1.59. The van der Waals surface area contributed by atoms with Gasteiger partial charge in [0.1, 0.15) is 5.01 Å². The van der Waals surface area contributed by atoms with Crippen molar-refractivity contribution in [2.75, 3.05) is 21.3 Å². The van der Waals surface area contributed by atoms with E-state index in [9.17, 15) is 0 Å². The number of hydrogen-bond donors (Lipinski definition) is 1. The van der Waals surface area contributed by atoms with Crippen LogP contribution in [0.15, 0.2) is 18.2 Å². The molecule has 2 aromatic rings. The first-order valence-corrected chi connectivity index (χ1v) is 7.40. The van der Waals surface area contributed by atoms with Crippen LogP contribution in [-0.4, -0.2) is 26.3 Å². The SMILES string of the molecule is CCc1nc(-c2ccc(OC)c(OC)c2)sc1CNC. The highest BCUT2D eigenvalue weighted by Crippen LogP contribution is 2.35. The highest BCUT2D eigenvalue weighted by atomic mass is 32.1. The molecule has 0 radical (unpaired) electrons. The zero-order chi connectivity index (χ0) is 14.5. The molecular weight excluding hydrogens is 272 g/mol. The summed E-state index contributed by atoms with van der Waals surface area (Å²) in [6.45, 7) is 2.99. The van der Waals surface area contributed by atoms with E-state index in [0.29, 0.717) is 0 Å². The Morgan fingerprint density at radius 2 is 1.95 bits per heavy atom. The fourth-order valence-electron chi connectivity index (χ4n) is 2.05. The summed E-state index contributed by atoms with van der Waals surface area (Å²) in [7, 11) is 5.24. The van der Waals surface area contributed by atoms with Crippen LogP contribution in [0.5, 0.6) is 11.5 Å². The van der Waals surface area contributed by atoms with E-state index in [1.54, 1.807) is 25.6 Å². The van der Waals surface area contributed by atoms with Crippen molar-refractivity contribution in [2.24, 2.45) is 0 Å². The summed E-state index contributed by atoms with van der Waals surface area (Å²) >= 11 is 1.72. The van der Waals surface area contributed by atoms with Gasteiger partial charge in [-0.25, -0.2) is 4.98 Å². The van der Waals surface area contributed by atoms with E-state index in [1.165, 1.54) is 4.88 Å². The normalized spacial score (nSPS) is 10.6. The molecule has 0 aliphatic carbocycles. The minimum Gasteiger partial charge on any atom is -0.493 e. The number of benzene rings is 1. The number of ether oxygens (including phenoxy) is 2. The second-order valence-electron chi connectivity index (χ2n) is 4.34. The van der Waals surface area contributed by atoms with Gasteiger partial charge >= 0.3 is 0 Å². The van der Waals surface area contributed by atoms with E-state index in [1.807, 2.05) is 25.2 Å². The Bertz CT molecular complexity index is 581. The molecule has 1 N–H and O–H groups in total. The lowest BCUT2D eigenvalue weighted by atomic mass is 10.2. The Morgan fingerprint density at radius 1 is 1.20 bits per heavy atom. The fraction of sp³-hybridized carbons (Fsp3) is 0.400. The molecule has 0 amide bonds. The van der Waals surface area contributed by atoms with Crippen molar-refractivity contribution in [3.05, 3.63) is 28.8 Å². The number of nitrogens with zero attached hydrogens (tertiary/aromatic N) is 1. The molecule has 0 atom stereocenters. The van der Waals surface area contributed by atoms with Crippen LogP contribution >= 0.6 is 11.3 Å². The van der Waals surface area contributed by atoms with Gasteiger partial charge in [0.05, 0.1) is 19.9 Å². The van der Waals surface area contributed by atoms with Crippen LogP contribution in [0.4, 0.5) is 0 Å². The van der Waals surface area contributed by atoms with Gasteiger partial charge in [0.2, 0.25) is 0 Å². The average Bonchev–Trinajstić information content (AvgIpc) is 2.90. The van der Waals surface area contributed by atoms with Crippen molar-refractivity contribution in [1.29, 1.82) is 0 Å². The van der Waals surface area contributed by atoms with Crippen LogP contribution in [0.1, 0.15) is 17.5 Å². The highest BCUT2D eigenvalue weighted by molar-refractivity contribution is 7.15. The molecule has 5 heteroatoms. The van der Waals surface area contributed by atoms with Gasteiger partial charge in [0, 0.05) is 17.0 Å². The summed E-state index contributed by atoms with van der Waals surface area (Å²) in [5.41, 5.74) is 2.22. The third-order valence-electron chi connectivity index (χ3n) is 3.08. The predicted octanol–water partition coefficient (Wildman–Crippen LogP) is 3.11. The monoisotopic (exact) mass is 292 g/mol. The van der Waals surface area contributed by atoms with Gasteiger partial charge in [-0.1, -0.05) is 6.92 Å². The van der Waals surface area contributed by atoms with Crippen LogP contribution < -0.4 is 14.8 Å². The molecule has 20 heavy (non-hydrogen) atoms. The smallest absolute Gasteiger partial charge is 0.161 e. The minimum absolute atomic E-state index is 0.730. The Kier molecular flexibility index (Phi) is 4.98. The lowest BCUT2D eigenvalue weighted by molar-refractivity contribution is 0.355. The Balaban J connectivity index is 2.40. The summed E-state index contributed by atoms with van der Waals surface area (Å²) in [6.07, 6.45) is 0.945. The maximum atomic E-state index is 5.35. The fourth-order valence-corrected chi connectivity index (χ4v) is 3.21. The van der Waals surface area contributed by atoms with E-state index in [4.69, 9.17) is 14.5 Å². The summed E-state index contributed by atoms with van der Waals surface area (Å²) in [6, 6.07) is 5.90. The van der Waals surface area contributed by atoms with E-state index in [2.05, 4.69) is 12.2 Å². The standard InChI is InChI=1S/C15H20N2O2S/c1-5-11-14(9-16-2)20-15(17-11)10-6-7-12(18-3)13(8-10)19-4/h6-8,16H,5,9H2,1-4H3. The first-order chi connectivity index (χ1) is 9.73. The Labute approximate surface area is 123 Å². The first-order valence-electron chi connectivity index (χ1n) is 6.59. The van der Waals surface area contributed by atoms with Crippen molar-refractivity contribution in [2.45, 2.75) is 19.9 Å². The number of hydrogen-bond acceptors (Lipinski definition) is 5. The van der Waals surface area contributed by atoms with E-state index < -0.39 is 0 Å². The topological polar surface area (TPSA) is 43.4 Å². The summed E-state index contributed by atoms with van der Waals surface area (Å²) in [5.74, 6) is 1.47. The average molecular weight is 292 g/mol. The first kappa shape index (κ1) is 14.8. The zero-order valence-corrected chi connectivity index (χ0v) is 13.1. The predicted molar refractivity (Wildman–Crippen MR) is 82.8 cm³/mol. The number of thiazole rings is 1. The van der Waals surface area contributed by atoms with Gasteiger partial charge in [-0.3, -0.25) is 0 Å². The minimum atomic E-state index is 0.730. The van der Waals surface area contributed by atoms with Gasteiger partial charge in [-0.15, -0.1) is 11.3 Å². The van der Waals surface area contributed by atoms with Crippen LogP contribution in [0.3, 0.4) is 0 Å². The van der Waals surface area contributed by atoms with Crippen LogP contribution in [0.2, 0.25) is 0 Å². The molecule has 1 aromatic carbocycles. The lowest BCUT2D eigenvalue weighted by Crippen LogP contribution is -2.05. The van der Waals surface area contributed by atoms with Gasteiger partial charge in [-0.2, -0.15) is 0 Å². The third kappa shape index (κ3) is 2.94. The van der Waals surface area contributed by atoms with Gasteiger partial charge in [-0.05, 0) is 31.7 Å². The number of aromatic nitrogens is 1. The Morgan fingerprint density at radius 3 is 2.55 bits per heavy atom. The van der Waals surface area contributed by atoms with Crippen LogP contribution in [0, 0.1) is 0 Å². The van der Waals surface area contributed by atoms with Crippen molar-refractivity contribution in [3.8, 4) is 22.1 Å².